The van der Waals surface area contributed by atoms with Gasteiger partial charge in [0.1, 0.15) is 5.71 Å². The van der Waals surface area contributed by atoms with Crippen LogP contribution < -0.4 is 5.69 Å². The molecule has 2 heterocycles. The third kappa shape index (κ3) is 3.51. The lowest BCUT2D eigenvalue weighted by Crippen LogP contribution is -2.43. The number of esters is 1. The molecule has 1 aliphatic heterocycles. The van der Waals surface area contributed by atoms with Crippen molar-refractivity contribution in [3.8, 4) is 0 Å². The van der Waals surface area contributed by atoms with Crippen LogP contribution in [0.15, 0.2) is 29.1 Å². The minimum Gasteiger partial charge on any atom is -0.465 e. The maximum Gasteiger partial charge on any atom is 0.351 e. The highest BCUT2D eigenvalue weighted by atomic mass is 16.5. The van der Waals surface area contributed by atoms with Crippen molar-refractivity contribution in [1.82, 2.24) is 14.5 Å². The molecule has 1 unspecified atom stereocenters. The quantitative estimate of drug-likeness (QED) is 0.640. The molecule has 0 bridgehead atoms. The third-order valence-electron chi connectivity index (χ3n) is 5.04. The summed E-state index contributed by atoms with van der Waals surface area (Å²) < 4.78 is 6.47. The molecule has 0 spiro atoms. The number of fused-ring (bicyclic) bond motifs is 1. The van der Waals surface area contributed by atoms with Gasteiger partial charge in [0.05, 0.1) is 18.1 Å². The first-order chi connectivity index (χ1) is 12.0. The van der Waals surface area contributed by atoms with Crippen LogP contribution in [0, 0.1) is 5.41 Å². The summed E-state index contributed by atoms with van der Waals surface area (Å²) in [5.74, 6) is -0.563. The number of H-pyrrole nitrogens is 1. The van der Waals surface area contributed by atoms with E-state index in [1.54, 1.807) is 0 Å². The molecule has 1 aromatic heterocycles. The summed E-state index contributed by atoms with van der Waals surface area (Å²) >= 11 is 0. The molecular formula is C18H24N4O3. The second kappa shape index (κ2) is 7.23. The Kier molecular flexibility index (Phi) is 5.03. The standard InChI is InChI=1S/C18H24N4O3/c1-12(11-14(19)17(23)25-2)21-9-7-13(8-10-21)22-16-6-4-3-5-15(16)20-18(22)24/h3-6,12-13,19H,7-11H2,1-2H3,(H,20,24). The number of aromatic amines is 1. The molecule has 2 N–H and O–H groups in total. The number of carbonyl (C=O) groups is 1. The zero-order valence-corrected chi connectivity index (χ0v) is 14.6. The largest absolute Gasteiger partial charge is 0.465 e. The van der Waals surface area contributed by atoms with Gasteiger partial charge in [0.15, 0.2) is 0 Å². The molecular weight excluding hydrogens is 320 g/mol. The van der Waals surface area contributed by atoms with Crippen LogP contribution in [-0.2, 0) is 9.53 Å². The SMILES string of the molecule is COC(=O)C(=N)CC(C)N1CCC(n2c(=O)[nH]c3ccccc32)CC1. The number of methoxy groups -OCH3 is 1. The second-order valence-corrected chi connectivity index (χ2v) is 6.61. The van der Waals surface area contributed by atoms with Crippen molar-refractivity contribution in [3.63, 3.8) is 0 Å². The van der Waals surface area contributed by atoms with Crippen LogP contribution in [0.25, 0.3) is 11.0 Å². The molecule has 134 valence electrons. The summed E-state index contributed by atoms with van der Waals surface area (Å²) in [4.78, 5) is 28.9. The summed E-state index contributed by atoms with van der Waals surface area (Å²) in [6.45, 7) is 3.70. The number of piperidine rings is 1. The smallest absolute Gasteiger partial charge is 0.351 e. The maximum absolute atomic E-state index is 12.3. The fourth-order valence-corrected chi connectivity index (χ4v) is 3.65. The van der Waals surface area contributed by atoms with E-state index in [4.69, 9.17) is 5.41 Å². The van der Waals surface area contributed by atoms with Gasteiger partial charge in [-0.1, -0.05) is 12.1 Å². The Morgan fingerprint density at radius 1 is 1.36 bits per heavy atom. The molecule has 1 fully saturated rings. The van der Waals surface area contributed by atoms with E-state index >= 15 is 0 Å². The molecule has 3 rings (SSSR count). The highest BCUT2D eigenvalue weighted by Gasteiger charge is 2.27. The van der Waals surface area contributed by atoms with Gasteiger partial charge in [-0.05, 0) is 31.9 Å². The summed E-state index contributed by atoms with van der Waals surface area (Å²) in [6, 6.07) is 8.03. The zero-order chi connectivity index (χ0) is 18.0. The number of hydrogen-bond acceptors (Lipinski definition) is 5. The molecule has 0 saturated carbocycles. The lowest BCUT2D eigenvalue weighted by Gasteiger charge is -2.36. The first-order valence-corrected chi connectivity index (χ1v) is 8.60. The number of carbonyl (C=O) groups excluding carboxylic acids is 1. The van der Waals surface area contributed by atoms with Crippen molar-refractivity contribution in [2.75, 3.05) is 20.2 Å². The highest BCUT2D eigenvalue weighted by Crippen LogP contribution is 2.26. The summed E-state index contributed by atoms with van der Waals surface area (Å²) in [7, 11) is 1.30. The van der Waals surface area contributed by atoms with Gasteiger partial charge in [-0.2, -0.15) is 0 Å². The molecule has 1 atom stereocenters. The van der Waals surface area contributed by atoms with Gasteiger partial charge in [-0.15, -0.1) is 0 Å². The van der Waals surface area contributed by atoms with Crippen molar-refractivity contribution in [1.29, 1.82) is 5.41 Å². The van der Waals surface area contributed by atoms with Gasteiger partial charge in [0, 0.05) is 31.6 Å². The number of hydrogen-bond donors (Lipinski definition) is 2. The summed E-state index contributed by atoms with van der Waals surface area (Å²) in [5.41, 5.74) is 1.77. The van der Waals surface area contributed by atoms with E-state index in [1.165, 1.54) is 7.11 Å². The Bertz CT molecular complexity index is 830. The van der Waals surface area contributed by atoms with Crippen LogP contribution in [0.5, 0.6) is 0 Å². The summed E-state index contributed by atoms with van der Waals surface area (Å²) in [5, 5.41) is 7.76. The lowest BCUT2D eigenvalue weighted by atomic mass is 10.0. The average molecular weight is 344 g/mol. The molecule has 1 aliphatic rings. The predicted octanol–water partition coefficient (Wildman–Crippen LogP) is 1.94. The van der Waals surface area contributed by atoms with Crippen LogP contribution in [0.2, 0.25) is 0 Å². The molecule has 7 heteroatoms. The van der Waals surface area contributed by atoms with Crippen LogP contribution in [0.1, 0.15) is 32.2 Å². The first-order valence-electron chi connectivity index (χ1n) is 8.60. The molecule has 1 aromatic carbocycles. The fourth-order valence-electron chi connectivity index (χ4n) is 3.65. The predicted molar refractivity (Wildman–Crippen MR) is 96.2 cm³/mol. The van der Waals surface area contributed by atoms with E-state index in [1.807, 2.05) is 35.8 Å². The number of nitrogens with one attached hydrogen (secondary N) is 2. The number of ether oxygens (including phenoxy) is 1. The van der Waals surface area contributed by atoms with E-state index in [0.29, 0.717) is 6.42 Å². The number of nitrogens with zero attached hydrogens (tertiary/aromatic N) is 2. The van der Waals surface area contributed by atoms with E-state index in [0.717, 1.165) is 37.0 Å². The van der Waals surface area contributed by atoms with Crippen LogP contribution in [0.3, 0.4) is 0 Å². The Morgan fingerprint density at radius 2 is 2.04 bits per heavy atom. The van der Waals surface area contributed by atoms with Crippen LogP contribution in [0.4, 0.5) is 0 Å². The van der Waals surface area contributed by atoms with Crippen molar-refractivity contribution >= 4 is 22.7 Å². The number of imidazole rings is 1. The second-order valence-electron chi connectivity index (χ2n) is 6.61. The Labute approximate surface area is 146 Å². The summed E-state index contributed by atoms with van der Waals surface area (Å²) in [6.07, 6.45) is 2.12. The Balaban J connectivity index is 1.65. The van der Waals surface area contributed by atoms with E-state index in [9.17, 15) is 9.59 Å². The van der Waals surface area contributed by atoms with Gasteiger partial charge in [0.25, 0.3) is 0 Å². The topological polar surface area (TPSA) is 91.2 Å². The monoisotopic (exact) mass is 344 g/mol. The zero-order valence-electron chi connectivity index (χ0n) is 14.6. The van der Waals surface area contributed by atoms with Crippen molar-refractivity contribution in [2.45, 2.75) is 38.3 Å². The van der Waals surface area contributed by atoms with Gasteiger partial charge in [-0.3, -0.25) is 9.98 Å². The molecule has 2 aromatic rings. The third-order valence-corrected chi connectivity index (χ3v) is 5.04. The molecule has 0 radical (unpaired) electrons. The molecule has 1 saturated heterocycles. The van der Waals surface area contributed by atoms with Gasteiger partial charge < -0.3 is 14.6 Å². The molecule has 0 amide bonds. The number of aromatic nitrogens is 2. The average Bonchev–Trinajstić information content (AvgIpc) is 2.96. The maximum atomic E-state index is 12.3. The lowest BCUT2D eigenvalue weighted by molar-refractivity contribution is -0.133. The fraction of sp³-hybridized carbons (Fsp3) is 0.500. The Hall–Kier alpha value is -2.41. The highest BCUT2D eigenvalue weighted by molar-refractivity contribution is 6.35. The van der Waals surface area contributed by atoms with E-state index in [-0.39, 0.29) is 23.5 Å². The van der Waals surface area contributed by atoms with Crippen LogP contribution in [-0.4, -0.2) is 52.4 Å². The van der Waals surface area contributed by atoms with Crippen molar-refractivity contribution < 1.29 is 9.53 Å². The molecule has 7 nitrogen and oxygen atoms in total. The van der Waals surface area contributed by atoms with E-state index < -0.39 is 5.97 Å². The normalized spacial score (nSPS) is 17.5. The van der Waals surface area contributed by atoms with Gasteiger partial charge in [0.2, 0.25) is 0 Å². The first kappa shape index (κ1) is 17.4. The Morgan fingerprint density at radius 3 is 2.72 bits per heavy atom. The molecule has 25 heavy (non-hydrogen) atoms. The number of rotatable bonds is 5. The number of para-hydroxylation sites is 2. The number of benzene rings is 1. The number of likely N-dealkylation sites (tertiary alicyclic amines) is 1. The van der Waals surface area contributed by atoms with E-state index in [2.05, 4.69) is 14.6 Å². The van der Waals surface area contributed by atoms with Crippen LogP contribution >= 0.6 is 0 Å². The van der Waals surface area contributed by atoms with Gasteiger partial charge in [-0.25, -0.2) is 9.59 Å². The minimum atomic E-state index is -0.563. The minimum absolute atomic E-state index is 0.00460. The molecule has 0 aliphatic carbocycles. The van der Waals surface area contributed by atoms with Gasteiger partial charge >= 0.3 is 11.7 Å². The van der Waals surface area contributed by atoms with Crippen molar-refractivity contribution in [3.05, 3.63) is 34.7 Å². The van der Waals surface area contributed by atoms with Crippen molar-refractivity contribution in [2.24, 2.45) is 0 Å².